The van der Waals surface area contributed by atoms with Crippen LogP contribution in [0.5, 0.6) is 0 Å². The molecule has 0 aliphatic heterocycles. The van der Waals surface area contributed by atoms with Crippen LogP contribution in [0.3, 0.4) is 0 Å². The third kappa shape index (κ3) is 7.88. The van der Waals surface area contributed by atoms with Crippen LogP contribution >= 0.6 is 11.6 Å². The molecule has 2 rings (SSSR count). The van der Waals surface area contributed by atoms with E-state index in [0.717, 1.165) is 12.5 Å². The maximum Gasteiger partial charge on any atom is 0.280 e. The average Bonchev–Trinajstić information content (AvgIpc) is 2.70. The number of halogens is 1. The van der Waals surface area contributed by atoms with Gasteiger partial charge in [0.1, 0.15) is 0 Å². The minimum atomic E-state index is -3.48. The van der Waals surface area contributed by atoms with Crippen molar-refractivity contribution < 1.29 is 26.4 Å². The molecule has 4 N–H and O–H groups in total. The number of guanidine groups is 1. The molecule has 0 aliphatic rings. The number of benzene rings is 2. The number of hydrogen-bond acceptors (Lipinski definition) is 6. The number of nitrogens with zero attached hydrogens (tertiary/aromatic N) is 1. The molecule has 0 aliphatic carbocycles. The highest BCUT2D eigenvalue weighted by Gasteiger charge is 2.18. The van der Waals surface area contributed by atoms with E-state index in [1.807, 2.05) is 0 Å². The number of carbonyl (C=O) groups excluding carboxylic acids is 2. The van der Waals surface area contributed by atoms with E-state index in [-0.39, 0.29) is 26.9 Å². The number of aryl methyl sites for hydroxylation is 2. The number of sulfone groups is 2. The van der Waals surface area contributed by atoms with Gasteiger partial charge in [-0.15, -0.1) is 0 Å². The van der Waals surface area contributed by atoms with Gasteiger partial charge in [-0.3, -0.25) is 9.59 Å². The Balaban J connectivity index is 0.000000355. The van der Waals surface area contributed by atoms with Crippen LogP contribution in [0.15, 0.2) is 52.2 Å². The van der Waals surface area contributed by atoms with Crippen LogP contribution in [0.25, 0.3) is 12.2 Å². The van der Waals surface area contributed by atoms with Gasteiger partial charge >= 0.3 is 0 Å². The lowest BCUT2D eigenvalue weighted by Crippen LogP contribution is -2.24. The lowest BCUT2D eigenvalue weighted by Gasteiger charge is -2.09. The summed E-state index contributed by atoms with van der Waals surface area (Å²) >= 11 is 5.37. The summed E-state index contributed by atoms with van der Waals surface area (Å²) in [6.07, 6.45) is 4.98. The van der Waals surface area contributed by atoms with Gasteiger partial charge in [0.15, 0.2) is 25.6 Å². The van der Waals surface area contributed by atoms with Gasteiger partial charge in [0.25, 0.3) is 11.1 Å². The number of nitrogens with two attached hydrogens (primary N) is 2. The van der Waals surface area contributed by atoms with Gasteiger partial charge in [-0.25, -0.2) is 16.8 Å². The Kier molecular flexibility index (Phi) is 9.72. The van der Waals surface area contributed by atoms with Crippen molar-refractivity contribution in [2.45, 2.75) is 23.6 Å². The Morgan fingerprint density at radius 1 is 0.829 bits per heavy atom. The van der Waals surface area contributed by atoms with Gasteiger partial charge in [0.05, 0.1) is 9.79 Å². The van der Waals surface area contributed by atoms with Gasteiger partial charge in [0, 0.05) is 23.6 Å². The van der Waals surface area contributed by atoms with Crippen molar-refractivity contribution in [2.24, 2.45) is 16.5 Å². The van der Waals surface area contributed by atoms with Crippen molar-refractivity contribution in [3.05, 3.63) is 70.8 Å². The first-order chi connectivity index (χ1) is 15.9. The molecule has 0 unspecified atom stereocenters. The molecule has 9 nitrogen and oxygen atoms in total. The summed E-state index contributed by atoms with van der Waals surface area (Å²) in [5.74, 6) is -1.06. The third-order valence-corrected chi connectivity index (χ3v) is 7.13. The standard InChI is InChI=1S/C12H15N3O3S.C11H11ClO3S/c1-4-8-5-7(2)9(11(16)15-12(13)14)6-10(8)19(3,17)18;1-4-8-5-7(2)9(11(12)13)6-10(8)16(3,14)15/h4-6H,1H2,2-3H3,(H4,13,14,15,16);4-6H,1H2,2-3H3. The molecule has 1 amide bonds. The molecule has 0 bridgehead atoms. The minimum Gasteiger partial charge on any atom is -0.370 e. The smallest absolute Gasteiger partial charge is 0.280 e. The zero-order chi connectivity index (χ0) is 27.3. The Hall–Kier alpha value is -3.28. The number of hydrogen-bond donors (Lipinski definition) is 2. The fourth-order valence-corrected chi connectivity index (χ4v) is 5.01. The summed E-state index contributed by atoms with van der Waals surface area (Å²) in [5, 5.41) is -0.669. The van der Waals surface area contributed by atoms with Crippen LogP contribution < -0.4 is 11.5 Å². The Morgan fingerprint density at radius 3 is 1.51 bits per heavy atom. The molecule has 0 fully saturated rings. The van der Waals surface area contributed by atoms with E-state index in [2.05, 4.69) is 18.2 Å². The zero-order valence-corrected chi connectivity index (χ0v) is 22.0. The summed E-state index contributed by atoms with van der Waals surface area (Å²) in [7, 11) is -6.88. The summed E-state index contributed by atoms with van der Waals surface area (Å²) < 4.78 is 46.3. The molecule has 0 saturated heterocycles. The number of aliphatic imine (C=N–C) groups is 1. The first kappa shape index (κ1) is 29.8. The fourth-order valence-electron chi connectivity index (χ4n) is 3.00. The number of rotatable bonds is 6. The third-order valence-electron chi connectivity index (χ3n) is 4.63. The van der Waals surface area contributed by atoms with Crippen molar-refractivity contribution in [2.75, 3.05) is 12.5 Å². The molecule has 0 saturated carbocycles. The predicted octanol–water partition coefficient (Wildman–Crippen LogP) is 2.88. The van der Waals surface area contributed by atoms with Crippen molar-refractivity contribution in [1.29, 1.82) is 0 Å². The summed E-state index contributed by atoms with van der Waals surface area (Å²) in [6, 6.07) is 5.69. The monoisotopic (exact) mass is 539 g/mol. The van der Waals surface area contributed by atoms with Crippen LogP contribution in [-0.4, -0.2) is 46.5 Å². The highest BCUT2D eigenvalue weighted by Crippen LogP contribution is 2.24. The molecule has 188 valence electrons. The van der Waals surface area contributed by atoms with E-state index >= 15 is 0 Å². The highest BCUT2D eigenvalue weighted by molar-refractivity contribution is 7.91. The van der Waals surface area contributed by atoms with Crippen LogP contribution in [0, 0.1) is 13.8 Å². The Labute approximate surface area is 210 Å². The van der Waals surface area contributed by atoms with E-state index < -0.39 is 30.8 Å². The lowest BCUT2D eigenvalue weighted by molar-refractivity contribution is 0.100. The van der Waals surface area contributed by atoms with Crippen molar-refractivity contribution >= 4 is 60.5 Å². The van der Waals surface area contributed by atoms with Crippen LogP contribution in [-0.2, 0) is 19.7 Å². The maximum atomic E-state index is 11.8. The van der Waals surface area contributed by atoms with Gasteiger partial charge in [-0.05, 0) is 72.0 Å². The van der Waals surface area contributed by atoms with Crippen LogP contribution in [0.4, 0.5) is 0 Å². The molecule has 12 heteroatoms. The van der Waals surface area contributed by atoms with E-state index in [1.165, 1.54) is 24.3 Å². The molecule has 0 atom stereocenters. The fraction of sp³-hybridized carbons (Fsp3) is 0.174. The van der Waals surface area contributed by atoms with Crippen molar-refractivity contribution in [3.63, 3.8) is 0 Å². The summed E-state index contributed by atoms with van der Waals surface area (Å²) in [4.78, 5) is 26.4. The zero-order valence-electron chi connectivity index (χ0n) is 19.6. The molecular formula is C23H26ClN3O6S2. The molecule has 0 aromatic heterocycles. The second-order valence-corrected chi connectivity index (χ2v) is 11.8. The molecule has 2 aromatic rings. The van der Waals surface area contributed by atoms with E-state index in [0.29, 0.717) is 22.3 Å². The number of amides is 1. The summed E-state index contributed by atoms with van der Waals surface area (Å²) in [5.41, 5.74) is 12.7. The number of carbonyl (C=O) groups is 2. The van der Waals surface area contributed by atoms with Gasteiger partial charge in [-0.2, -0.15) is 4.99 Å². The van der Waals surface area contributed by atoms with E-state index in [4.69, 9.17) is 23.1 Å². The van der Waals surface area contributed by atoms with Crippen molar-refractivity contribution in [1.82, 2.24) is 0 Å². The molecule has 35 heavy (non-hydrogen) atoms. The molecule has 0 spiro atoms. The predicted molar refractivity (Wildman–Crippen MR) is 139 cm³/mol. The van der Waals surface area contributed by atoms with Gasteiger partial charge in [0.2, 0.25) is 0 Å². The van der Waals surface area contributed by atoms with Crippen molar-refractivity contribution in [3.8, 4) is 0 Å². The van der Waals surface area contributed by atoms with Crippen LogP contribution in [0.1, 0.15) is 43.0 Å². The SMILES string of the molecule is C=Cc1cc(C)c(C(=O)Cl)cc1S(C)(=O)=O.C=Cc1cc(C)c(C(=O)N=C(N)N)cc1S(C)(=O)=O. The Morgan fingerprint density at radius 2 is 1.20 bits per heavy atom. The summed E-state index contributed by atoms with van der Waals surface area (Å²) in [6.45, 7) is 10.4. The van der Waals surface area contributed by atoms with Gasteiger partial charge in [-0.1, -0.05) is 25.3 Å². The first-order valence-electron chi connectivity index (χ1n) is 9.72. The quantitative estimate of drug-likeness (QED) is 0.321. The maximum absolute atomic E-state index is 11.8. The molecule has 2 aromatic carbocycles. The largest absolute Gasteiger partial charge is 0.370 e. The normalized spacial score (nSPS) is 11.0. The molecule has 0 radical (unpaired) electrons. The lowest BCUT2D eigenvalue weighted by atomic mass is 10.0. The Bertz CT molecular complexity index is 1460. The highest BCUT2D eigenvalue weighted by atomic mass is 35.5. The average molecular weight is 540 g/mol. The second-order valence-electron chi connectivity index (χ2n) is 7.48. The van der Waals surface area contributed by atoms with Crippen LogP contribution in [0.2, 0.25) is 0 Å². The molecular weight excluding hydrogens is 514 g/mol. The minimum absolute atomic E-state index is 0.0160. The first-order valence-corrected chi connectivity index (χ1v) is 13.9. The van der Waals surface area contributed by atoms with E-state index in [9.17, 15) is 26.4 Å². The topological polar surface area (TPSA) is 167 Å². The molecule has 0 heterocycles. The second kappa shape index (κ2) is 11.4. The van der Waals surface area contributed by atoms with Gasteiger partial charge < -0.3 is 11.5 Å². The van der Waals surface area contributed by atoms with E-state index in [1.54, 1.807) is 26.0 Å².